The fraction of sp³-hybridized carbons (Fsp3) is 0.210. The van der Waals surface area contributed by atoms with Crippen molar-refractivity contribution >= 4 is 164 Å². The first-order valence-electron chi connectivity index (χ1n) is 31.1. The van der Waals surface area contributed by atoms with Gasteiger partial charge >= 0.3 is 0 Å². The maximum Gasteiger partial charge on any atom is 0.270 e. The third kappa shape index (κ3) is 12.2. The summed E-state index contributed by atoms with van der Waals surface area (Å²) < 4.78 is 79.4. The molecular weight excluding hydrogens is 1350 g/mol. The Kier molecular flexibility index (Phi) is 19.9. The van der Waals surface area contributed by atoms with Crippen LogP contribution >= 0.6 is 57.1 Å². The van der Waals surface area contributed by atoms with Crippen molar-refractivity contribution in [3.05, 3.63) is 136 Å². The summed E-state index contributed by atoms with van der Waals surface area (Å²) in [6.45, 7) is 22.1. The van der Waals surface area contributed by atoms with Gasteiger partial charge in [-0.15, -0.1) is 64.6 Å². The van der Waals surface area contributed by atoms with Crippen molar-refractivity contribution in [1.29, 1.82) is 10.5 Å². The first-order valence-corrected chi connectivity index (χ1v) is 35.1. The highest BCUT2D eigenvalue weighted by Gasteiger charge is 2.38. The molecule has 0 fully saturated rings. The van der Waals surface area contributed by atoms with E-state index in [2.05, 4.69) is 126 Å². The number of benzene rings is 3. The van der Waals surface area contributed by atoms with E-state index in [1.807, 2.05) is 19.1 Å². The second-order valence-corrected chi connectivity index (χ2v) is 27.7. The van der Waals surface area contributed by atoms with E-state index in [0.29, 0.717) is 58.6 Å². The van der Waals surface area contributed by atoms with E-state index in [9.17, 15) is 20.1 Å². The van der Waals surface area contributed by atoms with Crippen LogP contribution in [0, 0.1) is 191 Å². The van der Waals surface area contributed by atoms with Crippen LogP contribution < -0.4 is 0 Å². The van der Waals surface area contributed by atoms with Crippen molar-refractivity contribution in [3.63, 3.8) is 0 Å². The van der Waals surface area contributed by atoms with Crippen molar-refractivity contribution in [2.24, 2.45) is 11.8 Å². The Morgan fingerprint density at radius 2 is 1.05 bits per heavy atom. The molecule has 478 valence electrons. The van der Waals surface area contributed by atoms with Crippen LogP contribution in [0.25, 0.3) is 105 Å². The molecule has 0 N–H and O–H groups in total. The zero-order chi connectivity index (χ0) is 70.5. The minimum atomic E-state index is -1.30. The predicted molar refractivity (Wildman–Crippen MR) is 395 cm³/mol. The quantitative estimate of drug-likeness (QED) is 0.0237. The summed E-state index contributed by atoms with van der Waals surface area (Å²) in [6.07, 6.45) is 31.2. The fourth-order valence-electron chi connectivity index (χ4n) is 12.8. The Bertz CT molecular complexity index is 6270. The number of unbranched alkanes of at least 4 members (excludes halogenated alkanes) is 8. The first kappa shape index (κ1) is 67.9. The lowest BCUT2D eigenvalue weighted by Gasteiger charge is -2.14. The number of halogens is 4. The van der Waals surface area contributed by atoms with Crippen molar-refractivity contribution in [3.8, 4) is 132 Å². The molecule has 2 unspecified atom stereocenters. The number of aromatic nitrogens is 4. The zero-order valence-electron chi connectivity index (χ0n) is 53.3. The lowest BCUT2D eigenvalue weighted by Crippen LogP contribution is -2.10. The number of hydrogen-bond acceptors (Lipinski definition) is 11. The molecule has 10 nitrogen and oxygen atoms in total. The maximum absolute atomic E-state index is 15.2. The lowest BCUT2D eigenvalue weighted by molar-refractivity contribution is 0.103. The molecule has 2 atom stereocenters. The highest BCUT2D eigenvalue weighted by molar-refractivity contribution is 7.35. The molecule has 0 bridgehead atoms. The van der Waals surface area contributed by atoms with Crippen LogP contribution in [-0.4, -0.2) is 29.4 Å². The van der Waals surface area contributed by atoms with Crippen LogP contribution in [0.15, 0.2) is 46.8 Å². The Balaban J connectivity index is 1.18. The third-order valence-electron chi connectivity index (χ3n) is 17.0. The summed E-state index contributed by atoms with van der Waals surface area (Å²) in [6, 6.07) is 6.97. The van der Waals surface area contributed by atoms with Gasteiger partial charge < -0.3 is 9.13 Å². The number of carbonyl (C=O) groups is 2. The standard InChI is InChI=1S/C81H44F4N8O2S5/c1-9-14-18-20-22-24-26-28-30-34-48-62(40-54-64(60(42-86)88-7)50-36-56(82)58(84)38-52(50)74(54)94)96-80-72-78(98-76(48)80)66-68-69(91-100-90-68)67-71(70(66)92(72)44-46(6)32-16-11-3)93(45-47(13-5)33-17-12-4)73-79(67)99-77-49(35-31-29-27-25-23-21-19-15-10-2)63(97-81(73)77)41-55-65(61(43-87)89-8)51-37-57(83)59(85)39-53(51)75(55)95/h3-5,36-41,46-47H,9,14,18,20,22,24,26,28,30,34,44-45H2,1-2,6H3/b54-40-,55-41-,64-60+,65-61-. The number of nitrogens with zero attached hydrogens (tertiary/aromatic N) is 8. The van der Waals surface area contributed by atoms with Gasteiger partial charge in [0.1, 0.15) is 11.0 Å². The number of fused-ring (bicyclic) bond motifs is 16. The summed E-state index contributed by atoms with van der Waals surface area (Å²) in [4.78, 5) is 37.1. The topological polar surface area (TPSA) is 126 Å². The summed E-state index contributed by atoms with van der Waals surface area (Å²) in [7, 11) is 0. The average molecular weight is 1400 g/mol. The zero-order valence-corrected chi connectivity index (χ0v) is 57.4. The van der Waals surface area contributed by atoms with Gasteiger partial charge in [-0.1, -0.05) is 82.0 Å². The maximum atomic E-state index is 15.2. The van der Waals surface area contributed by atoms with E-state index in [1.54, 1.807) is 24.3 Å². The van der Waals surface area contributed by atoms with E-state index in [-0.39, 0.29) is 57.6 Å². The van der Waals surface area contributed by atoms with Gasteiger partial charge in [0.05, 0.1) is 98.8 Å². The lowest BCUT2D eigenvalue weighted by atomic mass is 10.00. The number of rotatable bonds is 16. The number of aryl methyl sites for hydroxylation is 1. The molecule has 7 aromatic heterocycles. The normalized spacial score (nSPS) is 14.2. The molecule has 0 aliphatic heterocycles. The van der Waals surface area contributed by atoms with E-state index >= 15 is 17.6 Å². The molecule has 2 aliphatic carbocycles. The Labute approximate surface area is 593 Å². The molecule has 0 amide bonds. The first-order chi connectivity index (χ1) is 48.7. The van der Waals surface area contributed by atoms with Crippen LogP contribution in [0.5, 0.6) is 0 Å². The average Bonchev–Trinajstić information content (AvgIpc) is 1.51. The number of thiophene rings is 4. The van der Waals surface area contributed by atoms with Gasteiger partial charge in [-0.3, -0.25) is 9.59 Å². The van der Waals surface area contributed by atoms with Gasteiger partial charge in [0.15, 0.2) is 34.8 Å². The summed E-state index contributed by atoms with van der Waals surface area (Å²) >= 11 is 6.59. The van der Waals surface area contributed by atoms with Crippen LogP contribution in [0.4, 0.5) is 17.6 Å². The Morgan fingerprint density at radius 3 is 1.57 bits per heavy atom. The SMILES string of the molecule is [C-]#[N+]/C(C#N)=C1\C(=C\c2sc3c(sc4c5c6nsnc6c6c7sc8c(CCCCCCCCCCC)c(/C=C9\C(=O)c%10cc(F)c(F)cc%10\C9=C(\C#N)[N+]#[C-])sc8c7n(CC(C)C#CC#C)c6c5n(CC(C#C)C#CC#C)c34)c2C#CC#CC#CC#CC#CC)C(=O)c2cc(F)c(F)cc21. The third-order valence-corrected chi connectivity index (χ3v) is 22.6. The highest BCUT2D eigenvalue weighted by Crippen LogP contribution is 2.56. The number of terminal acetylenes is 3. The number of hydrogen-bond donors (Lipinski definition) is 0. The van der Waals surface area contributed by atoms with Crippen LogP contribution in [0.1, 0.15) is 131 Å². The van der Waals surface area contributed by atoms with E-state index in [4.69, 9.17) is 41.2 Å². The molecule has 100 heavy (non-hydrogen) atoms. The van der Waals surface area contributed by atoms with Gasteiger partial charge in [0, 0.05) is 73.0 Å². The predicted octanol–water partition coefficient (Wildman–Crippen LogP) is 18.5. The molecule has 12 rings (SSSR count). The molecule has 19 heteroatoms. The van der Waals surface area contributed by atoms with Gasteiger partial charge in [-0.25, -0.2) is 37.8 Å². The Morgan fingerprint density at radius 1 is 0.580 bits per heavy atom. The van der Waals surface area contributed by atoms with E-state index < -0.39 is 58.1 Å². The summed E-state index contributed by atoms with van der Waals surface area (Å²) in [5, 5.41) is 22.1. The van der Waals surface area contributed by atoms with Crippen LogP contribution in [-0.2, 0) is 19.5 Å². The van der Waals surface area contributed by atoms with E-state index in [0.717, 1.165) is 115 Å². The van der Waals surface area contributed by atoms with Crippen LogP contribution in [0.3, 0.4) is 0 Å². The molecule has 0 saturated heterocycles. The molecule has 2 aliphatic rings. The number of Topliss-reactive ketones (excluding diaryl/α,β-unsaturated/α-hetero) is 2. The molecular formula is C81H44F4N8O2S5. The number of allylic oxidation sites excluding steroid dienone is 6. The smallest absolute Gasteiger partial charge is 0.270 e. The van der Waals surface area contributed by atoms with Crippen molar-refractivity contribution in [1.82, 2.24) is 17.9 Å². The molecule has 0 radical (unpaired) electrons. The molecule has 10 aromatic rings. The monoisotopic (exact) mass is 1400 g/mol. The van der Waals surface area contributed by atoms with Crippen molar-refractivity contribution < 1.29 is 27.2 Å². The second kappa shape index (κ2) is 29.4. The molecule has 0 saturated carbocycles. The fourth-order valence-corrected chi connectivity index (χ4v) is 19.1. The number of carbonyl (C=O) groups excluding carboxylic acids is 2. The largest absolute Gasteiger partial charge is 0.336 e. The van der Waals surface area contributed by atoms with Crippen molar-refractivity contribution in [2.75, 3.05) is 0 Å². The minimum Gasteiger partial charge on any atom is -0.336 e. The van der Waals surface area contributed by atoms with Crippen LogP contribution in [0.2, 0.25) is 0 Å². The second-order valence-electron chi connectivity index (χ2n) is 23.0. The number of ketones is 2. The summed E-state index contributed by atoms with van der Waals surface area (Å²) in [5.74, 6) is 39.2. The highest BCUT2D eigenvalue weighted by atomic mass is 32.1. The number of nitriles is 2. The molecule has 0 spiro atoms. The summed E-state index contributed by atoms with van der Waals surface area (Å²) in [5.41, 5.74) is 3.27. The van der Waals surface area contributed by atoms with Gasteiger partial charge in [0.2, 0.25) is 0 Å². The van der Waals surface area contributed by atoms with Gasteiger partial charge in [-0.05, 0) is 157 Å². The van der Waals surface area contributed by atoms with Gasteiger partial charge in [0.25, 0.3) is 11.4 Å². The molecule has 3 aromatic carbocycles. The van der Waals surface area contributed by atoms with E-state index in [1.165, 1.54) is 59.3 Å². The Hall–Kier alpha value is -12.0. The van der Waals surface area contributed by atoms with Crippen molar-refractivity contribution in [2.45, 2.75) is 98.1 Å². The van der Waals surface area contributed by atoms with Gasteiger partial charge in [-0.2, -0.15) is 8.75 Å². The minimum absolute atomic E-state index is 0.0382. The molecule has 7 heterocycles.